The van der Waals surface area contributed by atoms with E-state index >= 15 is 0 Å². The van der Waals surface area contributed by atoms with Crippen LogP contribution in [-0.2, 0) is 14.8 Å². The lowest BCUT2D eigenvalue weighted by Crippen LogP contribution is -2.39. The highest BCUT2D eigenvalue weighted by atomic mass is 32.2. The predicted molar refractivity (Wildman–Crippen MR) is 79.4 cm³/mol. The Kier molecular flexibility index (Phi) is 4.37. The molecule has 0 radical (unpaired) electrons. The average Bonchev–Trinajstić information content (AvgIpc) is 2.76. The second-order valence-electron chi connectivity index (χ2n) is 5.05. The zero-order chi connectivity index (χ0) is 15.6. The lowest BCUT2D eigenvalue weighted by atomic mass is 10.1. The van der Waals surface area contributed by atoms with E-state index in [9.17, 15) is 13.2 Å². The molecule has 6 heteroatoms. The van der Waals surface area contributed by atoms with Gasteiger partial charge in [-0.25, -0.2) is 13.2 Å². The molecule has 1 aromatic rings. The van der Waals surface area contributed by atoms with Crippen LogP contribution in [0, 0.1) is 6.92 Å². The van der Waals surface area contributed by atoms with Gasteiger partial charge in [-0.05, 0) is 25.5 Å². The number of hydrogen-bond acceptors (Lipinski definition) is 4. The monoisotopic (exact) mass is 309 g/mol. The molecule has 1 fully saturated rings. The van der Waals surface area contributed by atoms with E-state index < -0.39 is 28.3 Å². The topological polar surface area (TPSA) is 63.7 Å². The Balaban J connectivity index is 2.40. The average molecular weight is 309 g/mol. The largest absolute Gasteiger partial charge is 0.443 e. The van der Waals surface area contributed by atoms with Crippen LogP contribution < -0.4 is 0 Å². The van der Waals surface area contributed by atoms with Crippen LogP contribution in [0.3, 0.4) is 0 Å². The summed E-state index contributed by atoms with van der Waals surface area (Å²) in [7, 11) is -3.93. The second-order valence-corrected chi connectivity index (χ2v) is 6.87. The molecule has 0 aliphatic carbocycles. The van der Waals surface area contributed by atoms with Crippen LogP contribution in [0.2, 0.25) is 0 Å². The predicted octanol–water partition coefficient (Wildman–Crippen LogP) is 2.86. The molecule has 114 valence electrons. The zero-order valence-corrected chi connectivity index (χ0v) is 13.0. The molecule has 0 N–H and O–H groups in total. The number of aryl methyl sites for hydroxylation is 1. The summed E-state index contributed by atoms with van der Waals surface area (Å²) in [6.07, 6.45) is 1.54. The molecule has 1 saturated heterocycles. The van der Waals surface area contributed by atoms with Crippen LogP contribution in [0.15, 0.2) is 41.8 Å². The van der Waals surface area contributed by atoms with E-state index in [0.717, 1.165) is 16.3 Å². The van der Waals surface area contributed by atoms with E-state index in [1.807, 2.05) is 13.8 Å². The molecule has 2 atom stereocenters. The van der Waals surface area contributed by atoms with Crippen molar-refractivity contribution in [1.29, 1.82) is 0 Å². The molecule has 1 heterocycles. The number of ether oxygens (including phenoxy) is 1. The van der Waals surface area contributed by atoms with Crippen molar-refractivity contribution in [3.63, 3.8) is 0 Å². The van der Waals surface area contributed by atoms with Crippen molar-refractivity contribution >= 4 is 16.1 Å². The smallest absolute Gasteiger partial charge is 0.424 e. The van der Waals surface area contributed by atoms with E-state index in [0.29, 0.717) is 6.42 Å². The van der Waals surface area contributed by atoms with Crippen LogP contribution in [-0.4, -0.2) is 31.0 Å². The maximum atomic E-state index is 12.7. The highest BCUT2D eigenvalue weighted by Gasteiger charge is 2.46. The minimum atomic E-state index is -3.93. The number of cyclic esters (lactones) is 1. The van der Waals surface area contributed by atoms with E-state index in [-0.39, 0.29) is 4.90 Å². The first-order chi connectivity index (χ1) is 9.91. The summed E-state index contributed by atoms with van der Waals surface area (Å²) in [6.45, 7) is 7.46. The summed E-state index contributed by atoms with van der Waals surface area (Å²) in [5, 5.41) is 0. The number of rotatable bonds is 5. The third-order valence-electron chi connectivity index (χ3n) is 3.48. The molecule has 1 amide bonds. The third kappa shape index (κ3) is 2.81. The lowest BCUT2D eigenvalue weighted by Gasteiger charge is -2.21. The van der Waals surface area contributed by atoms with Gasteiger partial charge in [0.2, 0.25) is 0 Å². The Morgan fingerprint density at radius 1 is 1.33 bits per heavy atom. The molecular formula is C15H19NO4S. The van der Waals surface area contributed by atoms with Gasteiger partial charge in [-0.15, -0.1) is 6.58 Å². The summed E-state index contributed by atoms with van der Waals surface area (Å²) in [5.74, 6) is 0. The number of carbonyl (C=O) groups is 1. The first-order valence-corrected chi connectivity index (χ1v) is 8.30. The minimum Gasteiger partial charge on any atom is -0.443 e. The van der Waals surface area contributed by atoms with Gasteiger partial charge in [0.1, 0.15) is 12.1 Å². The van der Waals surface area contributed by atoms with E-state index in [4.69, 9.17) is 4.74 Å². The molecule has 1 aliphatic rings. The first kappa shape index (κ1) is 15.6. The standard InChI is InChI=1S/C15H19NO4S/c1-4-6-14-13(5-2)16(15(17)20-14)21(18,19)12-9-7-11(3)8-10-12/h5,7-10,13-14H,2,4,6H2,1,3H3/t13-,14+/m0/s1. The zero-order valence-electron chi connectivity index (χ0n) is 12.2. The normalized spacial score (nSPS) is 22.2. The van der Waals surface area contributed by atoms with Crippen LogP contribution in [0.25, 0.3) is 0 Å². The summed E-state index contributed by atoms with van der Waals surface area (Å²) < 4.78 is 31.3. The van der Waals surface area contributed by atoms with Crippen LogP contribution >= 0.6 is 0 Å². The van der Waals surface area contributed by atoms with Crippen molar-refractivity contribution < 1.29 is 17.9 Å². The van der Waals surface area contributed by atoms with Gasteiger partial charge in [0.15, 0.2) is 0 Å². The van der Waals surface area contributed by atoms with E-state index in [1.54, 1.807) is 12.1 Å². The molecule has 0 bridgehead atoms. The molecule has 0 spiro atoms. The Morgan fingerprint density at radius 2 is 1.95 bits per heavy atom. The summed E-state index contributed by atoms with van der Waals surface area (Å²) in [6, 6.07) is 5.71. The number of amides is 1. The lowest BCUT2D eigenvalue weighted by molar-refractivity contribution is 0.129. The van der Waals surface area contributed by atoms with Crippen LogP contribution in [0.1, 0.15) is 25.3 Å². The highest BCUT2D eigenvalue weighted by Crippen LogP contribution is 2.30. The molecule has 0 saturated carbocycles. The molecule has 2 rings (SSSR count). The number of sulfonamides is 1. The molecular weight excluding hydrogens is 290 g/mol. The van der Waals surface area contributed by atoms with Gasteiger partial charge in [0.25, 0.3) is 10.0 Å². The summed E-state index contributed by atoms with van der Waals surface area (Å²) in [4.78, 5) is 12.1. The Bertz CT molecular complexity index is 636. The molecule has 0 aromatic heterocycles. The van der Waals surface area contributed by atoms with Gasteiger partial charge in [0, 0.05) is 0 Å². The number of benzene rings is 1. The maximum Gasteiger partial charge on any atom is 0.424 e. The highest BCUT2D eigenvalue weighted by molar-refractivity contribution is 7.89. The van der Waals surface area contributed by atoms with Crippen LogP contribution in [0.5, 0.6) is 0 Å². The van der Waals surface area contributed by atoms with Gasteiger partial charge in [0.05, 0.1) is 4.90 Å². The second kappa shape index (κ2) is 5.89. The molecule has 21 heavy (non-hydrogen) atoms. The fourth-order valence-corrected chi connectivity index (χ4v) is 3.86. The van der Waals surface area contributed by atoms with Gasteiger partial charge in [-0.2, -0.15) is 4.31 Å². The summed E-state index contributed by atoms with van der Waals surface area (Å²) in [5.41, 5.74) is 0.946. The number of nitrogens with zero attached hydrogens (tertiary/aromatic N) is 1. The maximum absolute atomic E-state index is 12.7. The molecule has 1 aliphatic heterocycles. The molecule has 0 unspecified atom stereocenters. The van der Waals surface area contributed by atoms with Crippen molar-refractivity contribution in [1.82, 2.24) is 4.31 Å². The van der Waals surface area contributed by atoms with E-state index in [1.165, 1.54) is 18.2 Å². The molecule has 5 nitrogen and oxygen atoms in total. The van der Waals surface area contributed by atoms with Crippen molar-refractivity contribution in [2.75, 3.05) is 0 Å². The number of carbonyl (C=O) groups excluding carboxylic acids is 1. The van der Waals surface area contributed by atoms with E-state index in [2.05, 4.69) is 6.58 Å². The third-order valence-corrected chi connectivity index (χ3v) is 5.25. The van der Waals surface area contributed by atoms with Gasteiger partial charge in [-0.1, -0.05) is 37.1 Å². The van der Waals surface area contributed by atoms with Crippen molar-refractivity contribution in [2.24, 2.45) is 0 Å². The Hall–Kier alpha value is -1.82. The quantitative estimate of drug-likeness (QED) is 0.785. The SMILES string of the molecule is C=C[C@H]1[C@@H](CCC)OC(=O)N1S(=O)(=O)c1ccc(C)cc1. The Morgan fingerprint density at radius 3 is 2.48 bits per heavy atom. The van der Waals surface area contributed by atoms with Crippen LogP contribution in [0.4, 0.5) is 4.79 Å². The van der Waals surface area contributed by atoms with Gasteiger partial charge >= 0.3 is 6.09 Å². The minimum absolute atomic E-state index is 0.0778. The van der Waals surface area contributed by atoms with Crippen molar-refractivity contribution in [3.8, 4) is 0 Å². The van der Waals surface area contributed by atoms with Crippen molar-refractivity contribution in [3.05, 3.63) is 42.5 Å². The van der Waals surface area contributed by atoms with Gasteiger partial charge < -0.3 is 4.74 Å². The van der Waals surface area contributed by atoms with Crippen molar-refractivity contribution in [2.45, 2.75) is 43.7 Å². The Labute approximate surface area is 125 Å². The fraction of sp³-hybridized carbons (Fsp3) is 0.400. The number of hydrogen-bond donors (Lipinski definition) is 0. The summed E-state index contributed by atoms with van der Waals surface area (Å²) >= 11 is 0. The first-order valence-electron chi connectivity index (χ1n) is 6.86. The fourth-order valence-electron chi connectivity index (χ4n) is 2.37. The molecule has 1 aromatic carbocycles. The van der Waals surface area contributed by atoms with Gasteiger partial charge in [-0.3, -0.25) is 0 Å².